The van der Waals surface area contributed by atoms with Crippen LogP contribution in [0.5, 0.6) is 5.75 Å². The molecular formula is C15H22N2O3. The second-order valence-corrected chi connectivity index (χ2v) is 4.58. The summed E-state index contributed by atoms with van der Waals surface area (Å²) in [4.78, 5) is 23.5. The maximum absolute atomic E-state index is 11.8. The average Bonchev–Trinajstić information content (AvgIpc) is 2.45. The number of hydrogen-bond acceptors (Lipinski definition) is 3. The molecule has 1 aromatic rings. The Morgan fingerprint density at radius 2 is 1.70 bits per heavy atom. The van der Waals surface area contributed by atoms with Crippen LogP contribution in [-0.2, 0) is 4.79 Å². The summed E-state index contributed by atoms with van der Waals surface area (Å²) in [5.41, 5.74) is 0.235. The van der Waals surface area contributed by atoms with Gasteiger partial charge in [-0.25, -0.2) is 0 Å². The summed E-state index contributed by atoms with van der Waals surface area (Å²) in [7, 11) is 0. The molecule has 0 aliphatic carbocycles. The van der Waals surface area contributed by atoms with Gasteiger partial charge in [0.05, 0.1) is 5.56 Å². The molecule has 0 saturated carbocycles. The number of rotatable bonds is 7. The van der Waals surface area contributed by atoms with E-state index in [1.165, 1.54) is 6.07 Å². The third kappa shape index (κ3) is 4.57. The molecule has 110 valence electrons. The number of benzene rings is 1. The fourth-order valence-corrected chi connectivity index (χ4v) is 1.93. The zero-order chi connectivity index (χ0) is 15.0. The third-order valence-corrected chi connectivity index (χ3v) is 3.21. The molecule has 0 radical (unpaired) electrons. The zero-order valence-electron chi connectivity index (χ0n) is 12.0. The summed E-state index contributed by atoms with van der Waals surface area (Å²) < 4.78 is 0. The second kappa shape index (κ2) is 8.19. The van der Waals surface area contributed by atoms with Crippen molar-refractivity contribution in [2.45, 2.75) is 26.7 Å². The van der Waals surface area contributed by atoms with E-state index >= 15 is 0 Å². The van der Waals surface area contributed by atoms with Crippen molar-refractivity contribution in [3.63, 3.8) is 0 Å². The first-order chi connectivity index (χ1) is 9.60. The predicted molar refractivity (Wildman–Crippen MR) is 77.5 cm³/mol. The summed E-state index contributed by atoms with van der Waals surface area (Å²) >= 11 is 0. The fraction of sp³-hybridized carbons (Fsp3) is 0.467. The van der Waals surface area contributed by atoms with Gasteiger partial charge in [-0.15, -0.1) is 0 Å². The van der Waals surface area contributed by atoms with Crippen LogP contribution in [0.25, 0.3) is 0 Å². The van der Waals surface area contributed by atoms with Gasteiger partial charge in [0, 0.05) is 19.0 Å². The van der Waals surface area contributed by atoms with Gasteiger partial charge in [0.2, 0.25) is 5.91 Å². The van der Waals surface area contributed by atoms with E-state index in [0.717, 1.165) is 12.8 Å². The lowest BCUT2D eigenvalue weighted by Gasteiger charge is -2.13. The molecule has 20 heavy (non-hydrogen) atoms. The molecule has 0 bridgehead atoms. The molecule has 1 rings (SSSR count). The van der Waals surface area contributed by atoms with Gasteiger partial charge in [-0.05, 0) is 25.0 Å². The molecule has 0 aliphatic rings. The molecule has 0 spiro atoms. The van der Waals surface area contributed by atoms with Crippen LogP contribution >= 0.6 is 0 Å². The van der Waals surface area contributed by atoms with Gasteiger partial charge in [0.25, 0.3) is 5.91 Å². The van der Waals surface area contributed by atoms with Gasteiger partial charge < -0.3 is 15.7 Å². The standard InChI is InChI=1S/C15H22N2O3/c1-3-11(4-2)14(19)16-9-10-17-15(20)12-7-5-6-8-13(12)18/h5-8,11,18H,3-4,9-10H2,1-2H3,(H,16,19)(H,17,20). The molecule has 0 atom stereocenters. The lowest BCUT2D eigenvalue weighted by molar-refractivity contribution is -0.125. The molecule has 2 amide bonds. The van der Waals surface area contributed by atoms with E-state index < -0.39 is 0 Å². The average molecular weight is 278 g/mol. The monoisotopic (exact) mass is 278 g/mol. The molecule has 0 unspecified atom stereocenters. The second-order valence-electron chi connectivity index (χ2n) is 4.58. The maximum Gasteiger partial charge on any atom is 0.255 e. The Bertz CT molecular complexity index is 456. The van der Waals surface area contributed by atoms with Crippen LogP contribution in [0, 0.1) is 5.92 Å². The SMILES string of the molecule is CCC(CC)C(=O)NCCNC(=O)c1ccccc1O. The lowest BCUT2D eigenvalue weighted by Crippen LogP contribution is -2.37. The van der Waals surface area contributed by atoms with E-state index in [9.17, 15) is 14.7 Å². The van der Waals surface area contributed by atoms with Gasteiger partial charge in [-0.2, -0.15) is 0 Å². The highest BCUT2D eigenvalue weighted by Crippen LogP contribution is 2.14. The lowest BCUT2D eigenvalue weighted by atomic mass is 10.0. The van der Waals surface area contributed by atoms with Crippen molar-refractivity contribution in [3.05, 3.63) is 29.8 Å². The minimum atomic E-state index is -0.347. The van der Waals surface area contributed by atoms with Gasteiger partial charge in [-0.1, -0.05) is 26.0 Å². The number of carbonyl (C=O) groups is 2. The number of phenols is 1. The van der Waals surface area contributed by atoms with Crippen LogP contribution in [0.15, 0.2) is 24.3 Å². The van der Waals surface area contributed by atoms with E-state index in [1.807, 2.05) is 13.8 Å². The molecule has 0 aromatic heterocycles. The Balaban J connectivity index is 2.33. The molecule has 0 saturated heterocycles. The van der Waals surface area contributed by atoms with E-state index in [0.29, 0.717) is 13.1 Å². The predicted octanol–water partition coefficient (Wildman–Crippen LogP) is 1.67. The van der Waals surface area contributed by atoms with Crippen molar-refractivity contribution in [1.82, 2.24) is 10.6 Å². The first kappa shape index (κ1) is 16.0. The highest BCUT2D eigenvalue weighted by Gasteiger charge is 2.13. The van der Waals surface area contributed by atoms with E-state index in [-0.39, 0.29) is 29.0 Å². The molecule has 3 N–H and O–H groups in total. The number of hydrogen-bond donors (Lipinski definition) is 3. The fourth-order valence-electron chi connectivity index (χ4n) is 1.93. The Hall–Kier alpha value is -2.04. The number of amides is 2. The molecule has 0 aliphatic heterocycles. The summed E-state index contributed by atoms with van der Waals surface area (Å²) in [6.07, 6.45) is 1.62. The Morgan fingerprint density at radius 1 is 1.10 bits per heavy atom. The number of nitrogens with one attached hydrogen (secondary N) is 2. The topological polar surface area (TPSA) is 78.4 Å². The highest BCUT2D eigenvalue weighted by atomic mass is 16.3. The van der Waals surface area contributed by atoms with Crippen molar-refractivity contribution < 1.29 is 14.7 Å². The zero-order valence-corrected chi connectivity index (χ0v) is 12.0. The summed E-state index contributed by atoms with van der Waals surface area (Å²) in [6.45, 7) is 4.68. The minimum Gasteiger partial charge on any atom is -0.507 e. The van der Waals surface area contributed by atoms with Crippen LogP contribution in [0.4, 0.5) is 0 Å². The third-order valence-electron chi connectivity index (χ3n) is 3.21. The van der Waals surface area contributed by atoms with Crippen molar-refractivity contribution >= 4 is 11.8 Å². The van der Waals surface area contributed by atoms with Gasteiger partial charge in [0.1, 0.15) is 5.75 Å². The molecule has 5 heteroatoms. The normalized spacial score (nSPS) is 10.3. The first-order valence-corrected chi connectivity index (χ1v) is 6.94. The van der Waals surface area contributed by atoms with Gasteiger partial charge in [0.15, 0.2) is 0 Å². The van der Waals surface area contributed by atoms with E-state index in [1.54, 1.807) is 18.2 Å². The Kier molecular flexibility index (Phi) is 6.56. The first-order valence-electron chi connectivity index (χ1n) is 6.94. The quantitative estimate of drug-likeness (QED) is 0.664. The maximum atomic E-state index is 11.8. The van der Waals surface area contributed by atoms with Crippen molar-refractivity contribution in [1.29, 1.82) is 0 Å². The van der Waals surface area contributed by atoms with Crippen LogP contribution in [0.2, 0.25) is 0 Å². The molecule has 5 nitrogen and oxygen atoms in total. The smallest absolute Gasteiger partial charge is 0.255 e. The summed E-state index contributed by atoms with van der Waals surface area (Å²) in [5.74, 6) is -0.346. The molecule has 0 heterocycles. The number of phenolic OH excluding ortho intramolecular Hbond substituents is 1. The largest absolute Gasteiger partial charge is 0.507 e. The van der Waals surface area contributed by atoms with Crippen molar-refractivity contribution in [2.24, 2.45) is 5.92 Å². The number of para-hydroxylation sites is 1. The number of aromatic hydroxyl groups is 1. The van der Waals surface area contributed by atoms with Crippen molar-refractivity contribution in [2.75, 3.05) is 13.1 Å². The highest BCUT2D eigenvalue weighted by molar-refractivity contribution is 5.96. The van der Waals surface area contributed by atoms with Crippen molar-refractivity contribution in [3.8, 4) is 5.75 Å². The van der Waals surface area contributed by atoms with Crippen LogP contribution in [0.3, 0.4) is 0 Å². The van der Waals surface area contributed by atoms with E-state index in [2.05, 4.69) is 10.6 Å². The van der Waals surface area contributed by atoms with Crippen LogP contribution in [-0.4, -0.2) is 30.0 Å². The summed E-state index contributed by atoms with van der Waals surface area (Å²) in [5, 5.41) is 15.0. The van der Waals surface area contributed by atoms with Gasteiger partial charge in [-0.3, -0.25) is 9.59 Å². The van der Waals surface area contributed by atoms with E-state index in [4.69, 9.17) is 0 Å². The number of carbonyl (C=O) groups excluding carboxylic acids is 2. The molecule has 1 aromatic carbocycles. The Labute approximate surface area is 119 Å². The van der Waals surface area contributed by atoms with Crippen LogP contribution in [0.1, 0.15) is 37.0 Å². The molecular weight excluding hydrogens is 256 g/mol. The van der Waals surface area contributed by atoms with Crippen LogP contribution < -0.4 is 10.6 Å². The molecule has 0 fully saturated rings. The Morgan fingerprint density at radius 3 is 2.30 bits per heavy atom. The van der Waals surface area contributed by atoms with Gasteiger partial charge >= 0.3 is 0 Å². The summed E-state index contributed by atoms with van der Waals surface area (Å²) in [6, 6.07) is 6.35. The minimum absolute atomic E-state index is 0.0202.